The minimum absolute atomic E-state index is 0.404. The zero-order chi connectivity index (χ0) is 11.1. The highest BCUT2D eigenvalue weighted by atomic mass is 16.5. The molecule has 82 valence electrons. The Morgan fingerprint density at radius 2 is 2.07 bits per heavy atom. The lowest BCUT2D eigenvalue weighted by atomic mass is 10.2. The number of anilines is 2. The van der Waals surface area contributed by atoms with Gasteiger partial charge in [0.25, 0.3) is 6.47 Å². The van der Waals surface area contributed by atoms with Crippen LogP contribution in [0.1, 0.15) is 6.92 Å². The van der Waals surface area contributed by atoms with Crippen molar-refractivity contribution >= 4 is 17.8 Å². The Labute approximate surface area is 89.6 Å². The number of nitrogens with zero attached hydrogens (tertiary/aromatic N) is 1. The second-order valence-electron chi connectivity index (χ2n) is 3.14. The van der Waals surface area contributed by atoms with Gasteiger partial charge in [0.2, 0.25) is 0 Å². The second kappa shape index (κ2) is 5.90. The smallest absolute Gasteiger partial charge is 0.293 e. The zero-order valence-corrected chi connectivity index (χ0v) is 8.85. The van der Waals surface area contributed by atoms with Crippen LogP contribution in [0.15, 0.2) is 24.3 Å². The summed E-state index contributed by atoms with van der Waals surface area (Å²) in [7, 11) is 0. The maximum absolute atomic E-state index is 10.00. The molecule has 1 aromatic rings. The third-order valence-electron chi connectivity index (χ3n) is 2.19. The minimum atomic E-state index is 0.404. The first-order chi connectivity index (χ1) is 7.27. The molecule has 0 fully saturated rings. The van der Waals surface area contributed by atoms with Crippen LogP contribution in [0.25, 0.3) is 0 Å². The lowest BCUT2D eigenvalue weighted by Crippen LogP contribution is -2.26. The number of rotatable bonds is 6. The van der Waals surface area contributed by atoms with Gasteiger partial charge in [-0.2, -0.15) is 0 Å². The molecule has 4 nitrogen and oxygen atoms in total. The summed E-state index contributed by atoms with van der Waals surface area (Å²) in [5.41, 5.74) is 7.43. The molecule has 0 amide bonds. The number of hydrogen-bond donors (Lipinski definition) is 1. The van der Waals surface area contributed by atoms with Gasteiger partial charge in [-0.1, -0.05) is 0 Å². The largest absolute Gasteiger partial charge is 0.466 e. The van der Waals surface area contributed by atoms with Crippen molar-refractivity contribution in [1.29, 1.82) is 0 Å². The summed E-state index contributed by atoms with van der Waals surface area (Å²) in [5.74, 6) is 0. The van der Waals surface area contributed by atoms with Crippen molar-refractivity contribution in [2.45, 2.75) is 6.92 Å². The number of hydrogen-bond acceptors (Lipinski definition) is 4. The molecule has 1 aromatic carbocycles. The van der Waals surface area contributed by atoms with E-state index in [9.17, 15) is 4.79 Å². The molecule has 0 radical (unpaired) electrons. The molecule has 0 spiro atoms. The monoisotopic (exact) mass is 208 g/mol. The molecule has 0 aliphatic carbocycles. The number of carbonyl (C=O) groups is 1. The van der Waals surface area contributed by atoms with Crippen LogP contribution in [-0.4, -0.2) is 26.2 Å². The van der Waals surface area contributed by atoms with Gasteiger partial charge in [-0.05, 0) is 31.2 Å². The van der Waals surface area contributed by atoms with E-state index in [4.69, 9.17) is 5.73 Å². The normalized spacial score (nSPS) is 9.67. The second-order valence-corrected chi connectivity index (χ2v) is 3.14. The first-order valence-corrected chi connectivity index (χ1v) is 4.93. The molecule has 0 unspecified atom stereocenters. The average molecular weight is 208 g/mol. The van der Waals surface area contributed by atoms with Crippen LogP contribution in [0.4, 0.5) is 11.4 Å². The predicted octanol–water partition coefficient (Wildman–Crippen LogP) is 1.27. The molecule has 0 atom stereocenters. The van der Waals surface area contributed by atoms with E-state index in [0.29, 0.717) is 19.6 Å². The van der Waals surface area contributed by atoms with Crippen LogP contribution in [0.2, 0.25) is 0 Å². The molecule has 0 aliphatic rings. The van der Waals surface area contributed by atoms with E-state index in [-0.39, 0.29) is 0 Å². The minimum Gasteiger partial charge on any atom is -0.466 e. The van der Waals surface area contributed by atoms with Crippen molar-refractivity contribution < 1.29 is 9.53 Å². The van der Waals surface area contributed by atoms with Crippen LogP contribution in [-0.2, 0) is 9.53 Å². The van der Waals surface area contributed by atoms with Crippen molar-refractivity contribution in [2.24, 2.45) is 0 Å². The fourth-order valence-electron chi connectivity index (χ4n) is 1.37. The van der Waals surface area contributed by atoms with Gasteiger partial charge >= 0.3 is 0 Å². The van der Waals surface area contributed by atoms with Gasteiger partial charge in [0.1, 0.15) is 6.61 Å². The SMILES string of the molecule is CCN(CCOC=O)c1ccc(N)cc1. The zero-order valence-electron chi connectivity index (χ0n) is 8.85. The van der Waals surface area contributed by atoms with E-state index in [2.05, 4.69) is 16.6 Å². The molecule has 15 heavy (non-hydrogen) atoms. The third kappa shape index (κ3) is 3.50. The van der Waals surface area contributed by atoms with E-state index in [1.807, 2.05) is 24.3 Å². The Hall–Kier alpha value is -1.71. The van der Waals surface area contributed by atoms with Gasteiger partial charge in [-0.25, -0.2) is 0 Å². The van der Waals surface area contributed by atoms with Gasteiger partial charge in [0.15, 0.2) is 0 Å². The lowest BCUT2D eigenvalue weighted by molar-refractivity contribution is -0.128. The summed E-state index contributed by atoms with van der Waals surface area (Å²) >= 11 is 0. The predicted molar refractivity (Wildman–Crippen MR) is 60.8 cm³/mol. The van der Waals surface area contributed by atoms with Crippen LogP contribution >= 0.6 is 0 Å². The van der Waals surface area contributed by atoms with Gasteiger partial charge < -0.3 is 15.4 Å². The lowest BCUT2D eigenvalue weighted by Gasteiger charge is -2.22. The van der Waals surface area contributed by atoms with Crippen LogP contribution in [0.3, 0.4) is 0 Å². The number of nitrogens with two attached hydrogens (primary N) is 1. The Kier molecular flexibility index (Phi) is 4.47. The average Bonchev–Trinajstić information content (AvgIpc) is 2.26. The molecule has 2 N–H and O–H groups in total. The van der Waals surface area contributed by atoms with Crippen molar-refractivity contribution in [3.63, 3.8) is 0 Å². The van der Waals surface area contributed by atoms with E-state index in [0.717, 1.165) is 17.9 Å². The van der Waals surface area contributed by atoms with E-state index >= 15 is 0 Å². The van der Waals surface area contributed by atoms with Crippen molar-refractivity contribution in [1.82, 2.24) is 0 Å². The highest BCUT2D eigenvalue weighted by molar-refractivity contribution is 5.53. The van der Waals surface area contributed by atoms with Gasteiger partial charge in [0.05, 0.1) is 6.54 Å². The molecule has 0 saturated carbocycles. The van der Waals surface area contributed by atoms with E-state index in [1.54, 1.807) is 0 Å². The molecule has 0 aliphatic heterocycles. The molecule has 1 rings (SSSR count). The Morgan fingerprint density at radius 3 is 2.60 bits per heavy atom. The molecule has 4 heteroatoms. The summed E-state index contributed by atoms with van der Waals surface area (Å²) in [4.78, 5) is 12.1. The number of benzene rings is 1. The Bertz CT molecular complexity index is 298. The van der Waals surface area contributed by atoms with Crippen molar-refractivity contribution in [3.05, 3.63) is 24.3 Å². The summed E-state index contributed by atoms with van der Waals surface area (Å²) in [6.07, 6.45) is 0. The van der Waals surface area contributed by atoms with Gasteiger partial charge in [-0.3, -0.25) is 4.79 Å². The number of carbonyl (C=O) groups excluding carboxylic acids is 1. The fourth-order valence-corrected chi connectivity index (χ4v) is 1.37. The first kappa shape index (κ1) is 11.4. The number of ether oxygens (including phenoxy) is 1. The van der Waals surface area contributed by atoms with Crippen molar-refractivity contribution in [2.75, 3.05) is 30.3 Å². The fraction of sp³-hybridized carbons (Fsp3) is 0.364. The third-order valence-corrected chi connectivity index (χ3v) is 2.19. The number of likely N-dealkylation sites (N-methyl/N-ethyl adjacent to an activating group) is 1. The summed E-state index contributed by atoms with van der Waals surface area (Å²) < 4.78 is 4.66. The van der Waals surface area contributed by atoms with Crippen molar-refractivity contribution in [3.8, 4) is 0 Å². The molecule has 0 aromatic heterocycles. The highest BCUT2D eigenvalue weighted by Crippen LogP contribution is 2.15. The summed E-state index contributed by atoms with van der Waals surface area (Å²) in [6.45, 7) is 4.49. The Morgan fingerprint density at radius 1 is 1.40 bits per heavy atom. The first-order valence-electron chi connectivity index (χ1n) is 4.93. The molecule has 0 heterocycles. The van der Waals surface area contributed by atoms with E-state index < -0.39 is 0 Å². The van der Waals surface area contributed by atoms with Crippen LogP contribution in [0, 0.1) is 0 Å². The van der Waals surface area contributed by atoms with Gasteiger partial charge in [0, 0.05) is 17.9 Å². The standard InChI is InChI=1S/C11H16N2O2/c1-2-13(7-8-15-9-14)11-5-3-10(12)4-6-11/h3-6,9H,2,7-8,12H2,1H3. The maximum atomic E-state index is 10.00. The van der Waals surface area contributed by atoms with Crippen LogP contribution in [0.5, 0.6) is 0 Å². The molecular weight excluding hydrogens is 192 g/mol. The van der Waals surface area contributed by atoms with E-state index in [1.165, 1.54) is 0 Å². The number of nitrogen functional groups attached to an aromatic ring is 1. The molecular formula is C11H16N2O2. The highest BCUT2D eigenvalue weighted by Gasteiger charge is 2.03. The molecule has 0 bridgehead atoms. The summed E-state index contributed by atoms with van der Waals surface area (Å²) in [5, 5.41) is 0. The maximum Gasteiger partial charge on any atom is 0.293 e. The molecule has 0 saturated heterocycles. The van der Waals surface area contributed by atoms with Gasteiger partial charge in [-0.15, -0.1) is 0 Å². The topological polar surface area (TPSA) is 55.6 Å². The quantitative estimate of drug-likeness (QED) is 0.434. The van der Waals surface area contributed by atoms with Crippen LogP contribution < -0.4 is 10.6 Å². The Balaban J connectivity index is 2.57. The summed E-state index contributed by atoms with van der Waals surface area (Å²) in [6, 6.07) is 7.64.